The summed E-state index contributed by atoms with van der Waals surface area (Å²) >= 11 is 0. The van der Waals surface area contributed by atoms with Crippen LogP contribution in [0.25, 0.3) is 82.8 Å². The summed E-state index contributed by atoms with van der Waals surface area (Å²) in [6.07, 6.45) is 0. The van der Waals surface area contributed by atoms with Gasteiger partial charge in [-0.2, -0.15) is 0 Å². The van der Waals surface area contributed by atoms with Crippen molar-refractivity contribution in [3.8, 4) is 28.2 Å². The van der Waals surface area contributed by atoms with E-state index in [1.807, 2.05) is 36.4 Å². The summed E-state index contributed by atoms with van der Waals surface area (Å²) < 4.78 is 32.7. The zero-order valence-corrected chi connectivity index (χ0v) is 28.0. The molecule has 9 aromatic rings. The van der Waals surface area contributed by atoms with E-state index in [0.29, 0.717) is 5.52 Å². The van der Waals surface area contributed by atoms with Crippen molar-refractivity contribution in [3.05, 3.63) is 138 Å². The molecule has 0 bridgehead atoms. The first kappa shape index (κ1) is 26.2. The summed E-state index contributed by atoms with van der Waals surface area (Å²) in [7, 11) is 0. The zero-order chi connectivity index (χ0) is 35.9. The zero-order valence-electron chi connectivity index (χ0n) is 31.0. The van der Waals surface area contributed by atoms with Crippen molar-refractivity contribution in [1.82, 2.24) is 14.5 Å². The number of nitrogens with zero attached hydrogens (tertiary/aromatic N) is 3. The summed E-state index contributed by atoms with van der Waals surface area (Å²) in [5.41, 5.74) is 11.3. The summed E-state index contributed by atoms with van der Waals surface area (Å²) in [6, 6.07) is 41.5. The van der Waals surface area contributed by atoms with Gasteiger partial charge in [0, 0.05) is 26.0 Å². The van der Waals surface area contributed by atoms with Gasteiger partial charge in [-0.05, 0) is 106 Å². The van der Waals surface area contributed by atoms with Gasteiger partial charge in [-0.25, -0.2) is 4.98 Å². The Morgan fingerprint density at radius 2 is 1.35 bits per heavy atom. The molecule has 0 amide bonds. The molecule has 0 aliphatic carbocycles. The van der Waals surface area contributed by atoms with E-state index in [1.54, 1.807) is 6.07 Å². The second-order valence-corrected chi connectivity index (χ2v) is 13.6. The van der Waals surface area contributed by atoms with Gasteiger partial charge < -0.3 is 4.42 Å². The highest BCUT2D eigenvalue weighted by molar-refractivity contribution is 6.24. The molecule has 0 atom stereocenters. The van der Waals surface area contributed by atoms with E-state index >= 15 is 0 Å². The van der Waals surface area contributed by atoms with Crippen LogP contribution < -0.4 is 0 Å². The highest BCUT2D eigenvalue weighted by Crippen LogP contribution is 2.44. The van der Waals surface area contributed by atoms with Crippen molar-refractivity contribution < 1.29 is 8.53 Å². The molecule has 0 spiro atoms. The number of aromatic nitrogens is 3. The third-order valence-corrected chi connectivity index (χ3v) is 9.87. The van der Waals surface area contributed by atoms with Crippen LogP contribution in [0.2, 0.25) is 0 Å². The van der Waals surface area contributed by atoms with Gasteiger partial charge in [-0.1, -0.05) is 94.4 Å². The molecular weight excluding hydrogens is 599 g/mol. The maximum absolute atomic E-state index is 7.85. The maximum atomic E-state index is 7.85. The van der Waals surface area contributed by atoms with E-state index in [-0.39, 0.29) is 17.5 Å². The van der Waals surface area contributed by atoms with Crippen molar-refractivity contribution in [2.24, 2.45) is 0 Å². The average molecular weight is 639 g/mol. The van der Waals surface area contributed by atoms with E-state index in [0.717, 1.165) is 60.5 Å². The number of fused-ring (bicyclic) bond motifs is 8. The van der Waals surface area contributed by atoms with Gasteiger partial charge in [0.05, 0.1) is 27.8 Å². The number of hydrogen-bond donors (Lipinski definition) is 0. The molecule has 0 unspecified atom stereocenters. The van der Waals surface area contributed by atoms with Crippen LogP contribution in [0.5, 0.6) is 0 Å². The van der Waals surface area contributed by atoms with E-state index in [4.69, 9.17) is 13.5 Å². The number of hydrogen-bond acceptors (Lipinski definition) is 3. The number of furan rings is 1. The highest BCUT2D eigenvalue weighted by Gasteiger charge is 2.25. The third kappa shape index (κ3) is 4.58. The smallest absolute Gasteiger partial charge is 0.149 e. The van der Waals surface area contributed by atoms with Crippen molar-refractivity contribution >= 4 is 54.6 Å². The molecule has 0 aliphatic rings. The van der Waals surface area contributed by atoms with Crippen LogP contribution >= 0.6 is 0 Å². The molecule has 4 nitrogen and oxygen atoms in total. The van der Waals surface area contributed by atoms with Crippen LogP contribution in [-0.2, 0) is 0 Å². The molecule has 3 aromatic heterocycles. The van der Waals surface area contributed by atoms with Crippen LogP contribution in [0.1, 0.15) is 60.5 Å². The number of imidazole rings is 1. The van der Waals surface area contributed by atoms with E-state index < -0.39 is 6.85 Å². The van der Waals surface area contributed by atoms with Crippen LogP contribution in [0.3, 0.4) is 0 Å². The second kappa shape index (κ2) is 11.2. The minimum Gasteiger partial charge on any atom is -0.455 e. The molecule has 6 aromatic carbocycles. The molecule has 0 radical (unpaired) electrons. The summed E-state index contributed by atoms with van der Waals surface area (Å²) in [6.45, 7) is 6.81. The van der Waals surface area contributed by atoms with Crippen molar-refractivity contribution in [1.29, 1.82) is 0 Å². The fourth-order valence-electron chi connectivity index (χ4n) is 7.54. The van der Waals surface area contributed by atoms with Crippen LogP contribution in [0.4, 0.5) is 0 Å². The highest BCUT2D eigenvalue weighted by atomic mass is 16.3. The maximum Gasteiger partial charge on any atom is 0.149 e. The fraction of sp³-hybridized carbons (Fsp3) is 0.156. The molecule has 238 valence electrons. The van der Waals surface area contributed by atoms with Crippen molar-refractivity contribution in [2.45, 2.75) is 46.4 Å². The largest absolute Gasteiger partial charge is 0.455 e. The van der Waals surface area contributed by atoms with Gasteiger partial charge >= 0.3 is 0 Å². The van der Waals surface area contributed by atoms with Gasteiger partial charge in [0.15, 0.2) is 0 Å². The lowest BCUT2D eigenvalue weighted by Crippen LogP contribution is -2.09. The lowest BCUT2D eigenvalue weighted by Gasteiger charge is -2.24. The first-order valence-corrected chi connectivity index (χ1v) is 17.0. The van der Waals surface area contributed by atoms with Crippen LogP contribution in [0.15, 0.2) is 126 Å². The summed E-state index contributed by atoms with van der Waals surface area (Å²) in [4.78, 5) is 9.85. The predicted octanol–water partition coefficient (Wildman–Crippen LogP) is 12.5. The quantitative estimate of drug-likeness (QED) is 0.176. The van der Waals surface area contributed by atoms with Gasteiger partial charge in [0.25, 0.3) is 0 Å². The normalized spacial score (nSPS) is 13.3. The summed E-state index contributed by atoms with van der Waals surface area (Å²) in [5.74, 6) is 1.33. The molecule has 0 saturated carbocycles. The topological polar surface area (TPSA) is 43.9 Å². The van der Waals surface area contributed by atoms with Gasteiger partial charge in [0.2, 0.25) is 0 Å². The van der Waals surface area contributed by atoms with Gasteiger partial charge in [-0.15, -0.1) is 0 Å². The lowest BCUT2D eigenvalue weighted by atomic mass is 9.88. The van der Waals surface area contributed by atoms with Crippen LogP contribution in [0, 0.1) is 6.85 Å². The molecule has 0 saturated heterocycles. The molecule has 0 N–H and O–H groups in total. The first-order chi connectivity index (χ1) is 25.1. The molecule has 3 heterocycles. The molecule has 9 rings (SSSR count). The predicted molar refractivity (Wildman–Crippen MR) is 205 cm³/mol. The Morgan fingerprint density at radius 1 is 0.612 bits per heavy atom. The number of rotatable bonds is 5. The molecule has 4 heteroatoms. The van der Waals surface area contributed by atoms with Crippen molar-refractivity contribution in [2.75, 3.05) is 0 Å². The lowest BCUT2D eigenvalue weighted by molar-refractivity contribution is 0.669. The number of benzene rings is 6. The Hall–Kier alpha value is -5.74. The Labute approximate surface area is 289 Å². The van der Waals surface area contributed by atoms with E-state index in [2.05, 4.69) is 116 Å². The Morgan fingerprint density at radius 3 is 2.12 bits per heavy atom. The Kier molecular flexibility index (Phi) is 5.98. The van der Waals surface area contributed by atoms with Gasteiger partial charge in [-0.3, -0.25) is 9.55 Å². The average Bonchev–Trinajstić information content (AvgIpc) is 3.73. The summed E-state index contributed by atoms with van der Waals surface area (Å²) in [5, 5.41) is 4.93. The molecular formula is C45H37N3O. The van der Waals surface area contributed by atoms with E-state index in [1.165, 1.54) is 27.9 Å². The standard InChI is InChI=1S/C45H37N3O/c1-26(2)36-24-30(29-12-7-6-8-13-29)25-37(27(3)4)43(36)48-40-17-10-9-16-39(40)47-45(48)35-15-11-14-34-42-33-20-22-38-32(19-18-28(5)46-38)31(33)21-23-41(42)49-44(34)35/h6-27H,1-5H3/i5D3. The molecule has 0 fully saturated rings. The Bertz CT molecular complexity index is 2820. The van der Waals surface area contributed by atoms with E-state index in [9.17, 15) is 0 Å². The first-order valence-electron chi connectivity index (χ1n) is 18.5. The SMILES string of the molecule is [2H]C([2H])([2H])c1ccc2c(ccc3c2ccc2oc4c(-c5nc6ccccc6n5-c5c(C(C)C)cc(-c6ccccc6)cc5C(C)C)cccc4c23)n1. The van der Waals surface area contributed by atoms with Crippen LogP contribution in [-0.4, -0.2) is 14.5 Å². The molecule has 0 aliphatic heterocycles. The number of aryl methyl sites for hydroxylation is 1. The fourth-order valence-corrected chi connectivity index (χ4v) is 7.54. The minimum absolute atomic E-state index is 0.0951. The van der Waals surface area contributed by atoms with Crippen molar-refractivity contribution in [3.63, 3.8) is 0 Å². The van der Waals surface area contributed by atoms with Gasteiger partial charge in [0.1, 0.15) is 17.0 Å². The molecule has 49 heavy (non-hydrogen) atoms. The minimum atomic E-state index is -2.27. The Balaban J connectivity index is 1.33. The second-order valence-electron chi connectivity index (χ2n) is 13.6. The monoisotopic (exact) mass is 638 g/mol. The number of para-hydroxylation sites is 3. The number of pyridine rings is 1. The third-order valence-electron chi connectivity index (χ3n) is 9.87.